The second kappa shape index (κ2) is 7.35. The fraction of sp³-hybridized carbons (Fsp3) is 0.350. The maximum absolute atomic E-state index is 13.8. The van der Waals surface area contributed by atoms with E-state index in [1.54, 1.807) is 12.1 Å². The van der Waals surface area contributed by atoms with Crippen LogP contribution in [-0.2, 0) is 0 Å². The van der Waals surface area contributed by atoms with Crippen LogP contribution in [0.1, 0.15) is 0 Å². The maximum atomic E-state index is 13.8. The molecule has 2 heterocycles. The van der Waals surface area contributed by atoms with E-state index in [-0.39, 0.29) is 5.82 Å². The summed E-state index contributed by atoms with van der Waals surface area (Å²) in [4.78, 5) is 9.44. The molecule has 1 saturated heterocycles. The van der Waals surface area contributed by atoms with E-state index in [1.165, 1.54) is 6.07 Å². The van der Waals surface area contributed by atoms with Crippen molar-refractivity contribution in [2.24, 2.45) is 0 Å². The van der Waals surface area contributed by atoms with Gasteiger partial charge in [-0.2, -0.15) is 0 Å². The zero-order valence-electron chi connectivity index (χ0n) is 14.8. The summed E-state index contributed by atoms with van der Waals surface area (Å²) < 4.78 is 13.8. The minimum Gasteiger partial charge on any atom is -0.383 e. The van der Waals surface area contributed by atoms with Gasteiger partial charge in [-0.15, -0.1) is 0 Å². The van der Waals surface area contributed by atoms with Gasteiger partial charge in [-0.3, -0.25) is 4.90 Å². The predicted octanol–water partition coefficient (Wildman–Crippen LogP) is 3.84. The maximum Gasteiger partial charge on any atom is 0.124 e. The molecule has 0 saturated carbocycles. The van der Waals surface area contributed by atoms with Gasteiger partial charge in [0.15, 0.2) is 0 Å². The Bertz CT molecular complexity index is 938. The van der Waals surface area contributed by atoms with Gasteiger partial charge in [0.2, 0.25) is 0 Å². The lowest BCUT2D eigenvalue weighted by molar-refractivity contribution is 0.158. The first kappa shape index (κ1) is 17.5. The molecule has 0 radical (unpaired) electrons. The average molecular weight is 373 g/mol. The summed E-state index contributed by atoms with van der Waals surface area (Å²) in [7, 11) is 2.16. The largest absolute Gasteiger partial charge is 0.383 e. The standard InChI is InChI=1S/C20H22ClFN4/c1-25-8-10-26(11-9-25)7-6-23-20-16-4-2-14(21)12-19(16)24-18-5-3-15(22)13-17(18)20/h2-5,12-13H,6-11H2,1H3,(H,23,24). The van der Waals surface area contributed by atoms with Crippen LogP contribution in [0.15, 0.2) is 36.4 Å². The number of likely N-dealkylation sites (N-methyl/N-ethyl adjacent to an activating group) is 1. The molecule has 1 aromatic heterocycles. The zero-order chi connectivity index (χ0) is 18.1. The van der Waals surface area contributed by atoms with Gasteiger partial charge in [0.25, 0.3) is 0 Å². The van der Waals surface area contributed by atoms with Gasteiger partial charge in [-0.25, -0.2) is 9.37 Å². The second-order valence-corrected chi connectivity index (χ2v) is 7.32. The van der Waals surface area contributed by atoms with Crippen LogP contribution in [0.3, 0.4) is 0 Å². The van der Waals surface area contributed by atoms with E-state index in [2.05, 4.69) is 27.1 Å². The molecule has 3 aromatic rings. The summed E-state index contributed by atoms with van der Waals surface area (Å²) in [5.74, 6) is -0.255. The van der Waals surface area contributed by atoms with E-state index >= 15 is 0 Å². The Kier molecular flexibility index (Phi) is 4.94. The van der Waals surface area contributed by atoms with Gasteiger partial charge in [0.05, 0.1) is 16.7 Å². The van der Waals surface area contributed by atoms with E-state index in [0.717, 1.165) is 66.8 Å². The number of nitrogens with zero attached hydrogens (tertiary/aromatic N) is 3. The molecule has 1 aliphatic heterocycles. The summed E-state index contributed by atoms with van der Waals surface area (Å²) in [5, 5.41) is 5.95. The monoisotopic (exact) mass is 372 g/mol. The number of hydrogen-bond acceptors (Lipinski definition) is 4. The molecule has 2 aromatic carbocycles. The highest BCUT2D eigenvalue weighted by atomic mass is 35.5. The lowest BCUT2D eigenvalue weighted by atomic mass is 10.1. The van der Waals surface area contributed by atoms with Gasteiger partial charge in [0, 0.05) is 55.1 Å². The number of fused-ring (bicyclic) bond motifs is 2. The molecule has 4 rings (SSSR count). The van der Waals surface area contributed by atoms with Crippen molar-refractivity contribution in [3.8, 4) is 0 Å². The molecule has 6 heteroatoms. The van der Waals surface area contributed by atoms with Gasteiger partial charge in [0.1, 0.15) is 5.82 Å². The number of aromatic nitrogens is 1. The van der Waals surface area contributed by atoms with Crippen LogP contribution in [0.2, 0.25) is 5.02 Å². The Morgan fingerprint density at radius 2 is 1.85 bits per heavy atom. The average Bonchev–Trinajstić information content (AvgIpc) is 2.63. The molecular formula is C20H22ClFN4. The smallest absolute Gasteiger partial charge is 0.124 e. The van der Waals surface area contributed by atoms with Gasteiger partial charge < -0.3 is 10.2 Å². The number of nitrogens with one attached hydrogen (secondary N) is 1. The molecular weight excluding hydrogens is 351 g/mol. The van der Waals surface area contributed by atoms with Crippen molar-refractivity contribution in [3.63, 3.8) is 0 Å². The van der Waals surface area contributed by atoms with Crippen molar-refractivity contribution in [3.05, 3.63) is 47.2 Å². The Labute approximate surface area is 157 Å². The highest BCUT2D eigenvalue weighted by Crippen LogP contribution is 2.32. The van der Waals surface area contributed by atoms with Crippen LogP contribution in [0, 0.1) is 5.82 Å². The third-order valence-electron chi connectivity index (χ3n) is 5.02. The number of piperazine rings is 1. The summed E-state index contributed by atoms with van der Waals surface area (Å²) >= 11 is 6.13. The normalized spacial score (nSPS) is 16.4. The number of rotatable bonds is 4. The van der Waals surface area contributed by atoms with Crippen molar-refractivity contribution >= 4 is 39.1 Å². The van der Waals surface area contributed by atoms with Gasteiger partial charge in [-0.05, 0) is 43.4 Å². The van der Waals surface area contributed by atoms with Gasteiger partial charge >= 0.3 is 0 Å². The Morgan fingerprint density at radius 1 is 1.04 bits per heavy atom. The zero-order valence-corrected chi connectivity index (χ0v) is 15.6. The molecule has 0 bridgehead atoms. The lowest BCUT2D eigenvalue weighted by Crippen LogP contribution is -2.45. The first-order chi connectivity index (χ1) is 12.6. The molecule has 0 unspecified atom stereocenters. The van der Waals surface area contributed by atoms with Crippen LogP contribution in [0.5, 0.6) is 0 Å². The molecule has 1 fully saturated rings. The summed E-state index contributed by atoms with van der Waals surface area (Å²) in [6.07, 6.45) is 0. The first-order valence-corrected chi connectivity index (χ1v) is 9.31. The summed E-state index contributed by atoms with van der Waals surface area (Å²) in [6, 6.07) is 10.4. The number of benzene rings is 2. The van der Waals surface area contributed by atoms with E-state index in [1.807, 2.05) is 18.2 Å². The molecule has 1 N–H and O–H groups in total. The number of anilines is 1. The molecule has 136 valence electrons. The fourth-order valence-electron chi connectivity index (χ4n) is 3.49. The number of hydrogen-bond donors (Lipinski definition) is 1. The minimum atomic E-state index is -0.255. The molecule has 26 heavy (non-hydrogen) atoms. The van der Waals surface area contributed by atoms with E-state index in [0.29, 0.717) is 5.02 Å². The van der Waals surface area contributed by atoms with Crippen LogP contribution in [-0.4, -0.2) is 61.1 Å². The van der Waals surface area contributed by atoms with Crippen molar-refractivity contribution in [2.75, 3.05) is 51.6 Å². The SMILES string of the molecule is CN1CCN(CCNc2c3ccc(Cl)cc3nc3ccc(F)cc23)CC1. The number of pyridine rings is 1. The molecule has 0 aliphatic carbocycles. The predicted molar refractivity (Wildman–Crippen MR) is 107 cm³/mol. The quantitative estimate of drug-likeness (QED) is 0.705. The van der Waals surface area contributed by atoms with E-state index < -0.39 is 0 Å². The van der Waals surface area contributed by atoms with Crippen LogP contribution in [0.25, 0.3) is 21.8 Å². The molecule has 0 atom stereocenters. The van der Waals surface area contributed by atoms with Gasteiger partial charge in [-0.1, -0.05) is 11.6 Å². The molecule has 0 spiro atoms. The van der Waals surface area contributed by atoms with Crippen LogP contribution >= 0.6 is 11.6 Å². The van der Waals surface area contributed by atoms with Crippen molar-refractivity contribution in [2.45, 2.75) is 0 Å². The Hall–Kier alpha value is -1.95. The molecule has 1 aliphatic rings. The topological polar surface area (TPSA) is 31.4 Å². The first-order valence-electron chi connectivity index (χ1n) is 8.93. The molecule has 0 amide bonds. The lowest BCUT2D eigenvalue weighted by Gasteiger charge is -2.32. The van der Waals surface area contributed by atoms with Crippen LogP contribution in [0.4, 0.5) is 10.1 Å². The highest BCUT2D eigenvalue weighted by molar-refractivity contribution is 6.31. The summed E-state index contributed by atoms with van der Waals surface area (Å²) in [6.45, 7) is 6.13. The number of halogens is 2. The summed E-state index contributed by atoms with van der Waals surface area (Å²) in [5.41, 5.74) is 2.51. The van der Waals surface area contributed by atoms with Crippen molar-refractivity contribution in [1.29, 1.82) is 0 Å². The Morgan fingerprint density at radius 3 is 2.65 bits per heavy atom. The fourth-order valence-corrected chi connectivity index (χ4v) is 3.66. The van der Waals surface area contributed by atoms with Crippen molar-refractivity contribution in [1.82, 2.24) is 14.8 Å². The third-order valence-corrected chi connectivity index (χ3v) is 5.26. The van der Waals surface area contributed by atoms with E-state index in [4.69, 9.17) is 11.6 Å². The van der Waals surface area contributed by atoms with Crippen LogP contribution < -0.4 is 5.32 Å². The highest BCUT2D eigenvalue weighted by Gasteiger charge is 2.14. The second-order valence-electron chi connectivity index (χ2n) is 6.88. The minimum absolute atomic E-state index is 0.255. The van der Waals surface area contributed by atoms with Crippen molar-refractivity contribution < 1.29 is 4.39 Å². The Balaban J connectivity index is 1.63. The third kappa shape index (κ3) is 3.61. The molecule has 4 nitrogen and oxygen atoms in total. The van der Waals surface area contributed by atoms with E-state index in [9.17, 15) is 4.39 Å².